The first-order valence-electron chi connectivity index (χ1n) is 16.8. The summed E-state index contributed by atoms with van der Waals surface area (Å²) in [5.74, 6) is 1.16. The molecule has 2 aromatic heterocycles. The molecule has 0 radical (unpaired) electrons. The van der Waals surface area contributed by atoms with Crippen molar-refractivity contribution >= 4 is 39.3 Å². The first kappa shape index (κ1) is 29.8. The summed E-state index contributed by atoms with van der Waals surface area (Å²) in [5, 5.41) is 11.8. The standard InChI is InChI=1S/C21H27N3O2.C16H19N3/c1-14-5-10-19(23(12-14)20(25)26-21(2,3)4)15-6-7-16-13-24(17-8-9-17)22-18(16)11-15;1-11-2-7-15(17-9-11)12-3-4-13-10-19(14-5-6-14)18-16(13)8-12/h6-7,10-11,13-14,17H,5,8-9,12H2,1-4H3;3-4,8,10-11,14H,2,5-7,9H2,1H3/t14-;11-/m00/s1. The van der Waals surface area contributed by atoms with Crippen LogP contribution in [0, 0.1) is 11.8 Å². The van der Waals surface area contributed by atoms with E-state index >= 15 is 0 Å². The number of fused-ring (bicyclic) bond motifs is 2. The number of hydrogen-bond donors (Lipinski definition) is 0. The van der Waals surface area contributed by atoms with Crippen molar-refractivity contribution in [2.24, 2.45) is 16.8 Å². The van der Waals surface area contributed by atoms with Crippen LogP contribution in [0.1, 0.15) is 103 Å². The summed E-state index contributed by atoms with van der Waals surface area (Å²) in [6, 6.07) is 14.1. The third-order valence-electron chi connectivity index (χ3n) is 9.10. The minimum Gasteiger partial charge on any atom is -0.443 e. The van der Waals surface area contributed by atoms with E-state index in [9.17, 15) is 4.79 Å². The van der Waals surface area contributed by atoms with Gasteiger partial charge in [0, 0.05) is 47.5 Å². The molecule has 8 heteroatoms. The maximum absolute atomic E-state index is 12.8. The molecule has 4 aliphatic rings. The van der Waals surface area contributed by atoms with Crippen LogP contribution in [0.2, 0.25) is 0 Å². The number of nitrogens with zero attached hydrogens (tertiary/aromatic N) is 6. The van der Waals surface area contributed by atoms with Crippen LogP contribution in [-0.4, -0.2) is 55.0 Å². The Bertz CT molecular complexity index is 1780. The lowest BCUT2D eigenvalue weighted by Crippen LogP contribution is -2.39. The van der Waals surface area contributed by atoms with Crippen LogP contribution in [0.5, 0.6) is 0 Å². The Morgan fingerprint density at radius 1 is 0.822 bits per heavy atom. The van der Waals surface area contributed by atoms with Crippen LogP contribution in [-0.2, 0) is 4.74 Å². The molecule has 2 saturated carbocycles. The smallest absolute Gasteiger partial charge is 0.414 e. The lowest BCUT2D eigenvalue weighted by molar-refractivity contribution is 0.0327. The minimum atomic E-state index is -0.504. The molecule has 2 atom stereocenters. The monoisotopic (exact) mass is 606 g/mol. The first-order valence-corrected chi connectivity index (χ1v) is 16.8. The van der Waals surface area contributed by atoms with Gasteiger partial charge in [-0.25, -0.2) is 4.79 Å². The number of aliphatic imine (C=N–C) groups is 1. The molecule has 0 saturated heterocycles. The zero-order valence-corrected chi connectivity index (χ0v) is 27.4. The lowest BCUT2D eigenvalue weighted by atomic mass is 9.95. The summed E-state index contributed by atoms with van der Waals surface area (Å²) in [5.41, 5.74) is 6.08. The number of carbonyl (C=O) groups is 1. The number of carbonyl (C=O) groups excluding carboxylic acids is 1. The second kappa shape index (κ2) is 11.8. The van der Waals surface area contributed by atoms with Crippen molar-refractivity contribution in [3.05, 3.63) is 66.0 Å². The molecule has 2 aromatic carbocycles. The zero-order chi connectivity index (χ0) is 31.3. The summed E-state index contributed by atoms with van der Waals surface area (Å²) in [6.07, 6.45) is 14.5. The predicted octanol–water partition coefficient (Wildman–Crippen LogP) is 8.58. The highest BCUT2D eigenvalue weighted by molar-refractivity contribution is 6.03. The van der Waals surface area contributed by atoms with Gasteiger partial charge in [0.25, 0.3) is 0 Å². The van der Waals surface area contributed by atoms with Crippen LogP contribution >= 0.6 is 0 Å². The number of allylic oxidation sites excluding steroid dienone is 1. The van der Waals surface area contributed by atoms with Crippen molar-refractivity contribution in [2.75, 3.05) is 13.1 Å². The Morgan fingerprint density at radius 2 is 1.42 bits per heavy atom. The summed E-state index contributed by atoms with van der Waals surface area (Å²) < 4.78 is 9.85. The number of aromatic nitrogens is 4. The van der Waals surface area contributed by atoms with Crippen molar-refractivity contribution in [2.45, 2.75) is 97.2 Å². The molecule has 0 spiro atoms. The Balaban J connectivity index is 0.000000151. The molecule has 0 unspecified atom stereocenters. The van der Waals surface area contributed by atoms with Crippen LogP contribution in [0.3, 0.4) is 0 Å². The number of hydrogen-bond acceptors (Lipinski definition) is 5. The molecule has 4 aromatic rings. The van der Waals surface area contributed by atoms with Crippen LogP contribution in [0.4, 0.5) is 4.79 Å². The lowest BCUT2D eigenvalue weighted by Gasteiger charge is -2.33. The average molecular weight is 607 g/mol. The molecule has 1 amide bonds. The van der Waals surface area contributed by atoms with Crippen molar-refractivity contribution in [3.63, 3.8) is 0 Å². The average Bonchev–Trinajstić information content (AvgIpc) is 3.95. The molecule has 8 nitrogen and oxygen atoms in total. The van der Waals surface area contributed by atoms with Crippen molar-refractivity contribution < 1.29 is 9.53 Å². The minimum absolute atomic E-state index is 0.279. The molecule has 2 fully saturated rings. The number of benzene rings is 2. The Hall–Kier alpha value is -3.94. The highest BCUT2D eigenvalue weighted by atomic mass is 16.6. The van der Waals surface area contributed by atoms with Crippen LogP contribution in [0.15, 0.2) is 59.9 Å². The van der Waals surface area contributed by atoms with E-state index in [0.717, 1.165) is 53.0 Å². The second-order valence-corrected chi connectivity index (χ2v) is 14.7. The van der Waals surface area contributed by atoms with Gasteiger partial charge in [-0.05, 0) is 95.2 Å². The summed E-state index contributed by atoms with van der Waals surface area (Å²) in [6.45, 7) is 11.8. The maximum Gasteiger partial charge on any atom is 0.414 e. The number of ether oxygens (including phenoxy) is 1. The van der Waals surface area contributed by atoms with Gasteiger partial charge in [-0.3, -0.25) is 19.3 Å². The number of rotatable bonds is 4. The predicted molar refractivity (Wildman–Crippen MR) is 181 cm³/mol. The van der Waals surface area contributed by atoms with Gasteiger partial charge in [0.2, 0.25) is 0 Å². The molecular weight excluding hydrogens is 560 g/mol. The quantitative estimate of drug-likeness (QED) is 0.233. The zero-order valence-electron chi connectivity index (χ0n) is 27.4. The fourth-order valence-electron chi connectivity index (χ4n) is 6.19. The SMILES string of the molecule is C[C@H]1CC=C(c2ccc3cn(C4CC4)nc3c2)N(C(=O)OC(C)(C)C)C1.C[C@H]1CCC(c2ccc3cn(C4CC4)nc3c2)=NC1. The van der Waals surface area contributed by atoms with E-state index in [-0.39, 0.29) is 6.09 Å². The van der Waals surface area contributed by atoms with Crippen LogP contribution < -0.4 is 0 Å². The number of amides is 1. The van der Waals surface area contributed by atoms with Gasteiger partial charge < -0.3 is 4.74 Å². The van der Waals surface area contributed by atoms with Gasteiger partial charge >= 0.3 is 6.09 Å². The molecule has 0 N–H and O–H groups in total. The van der Waals surface area contributed by atoms with Gasteiger partial charge in [-0.15, -0.1) is 0 Å². The van der Waals surface area contributed by atoms with E-state index in [2.05, 4.69) is 78.1 Å². The third-order valence-corrected chi connectivity index (χ3v) is 9.10. The Morgan fingerprint density at radius 3 is 1.98 bits per heavy atom. The highest BCUT2D eigenvalue weighted by Crippen LogP contribution is 2.37. The molecule has 8 rings (SSSR count). The van der Waals surface area contributed by atoms with E-state index in [1.165, 1.54) is 48.8 Å². The molecule has 0 bridgehead atoms. The topological polar surface area (TPSA) is 77.5 Å². The van der Waals surface area contributed by atoms with Crippen LogP contribution in [0.25, 0.3) is 27.5 Å². The molecule has 45 heavy (non-hydrogen) atoms. The van der Waals surface area contributed by atoms with Gasteiger partial charge in [0.05, 0.1) is 28.8 Å². The fourth-order valence-corrected chi connectivity index (χ4v) is 6.19. The van der Waals surface area contributed by atoms with E-state index in [1.54, 1.807) is 4.90 Å². The Kier molecular flexibility index (Phi) is 7.78. The van der Waals surface area contributed by atoms with E-state index < -0.39 is 5.60 Å². The van der Waals surface area contributed by atoms with E-state index in [0.29, 0.717) is 24.5 Å². The summed E-state index contributed by atoms with van der Waals surface area (Å²) in [7, 11) is 0. The molecule has 4 heterocycles. The fraction of sp³-hybridized carbons (Fsp3) is 0.514. The van der Waals surface area contributed by atoms with Gasteiger partial charge in [0.1, 0.15) is 5.60 Å². The second-order valence-electron chi connectivity index (χ2n) is 14.7. The maximum atomic E-state index is 12.8. The van der Waals surface area contributed by atoms with Gasteiger partial charge in [0.15, 0.2) is 0 Å². The molecule has 236 valence electrons. The normalized spacial score (nSPS) is 22.1. The van der Waals surface area contributed by atoms with Crippen molar-refractivity contribution in [3.8, 4) is 0 Å². The first-order chi connectivity index (χ1) is 21.6. The van der Waals surface area contributed by atoms with E-state index in [1.807, 2.05) is 20.8 Å². The van der Waals surface area contributed by atoms with Gasteiger partial charge in [-0.1, -0.05) is 44.2 Å². The summed E-state index contributed by atoms with van der Waals surface area (Å²) >= 11 is 0. The van der Waals surface area contributed by atoms with E-state index in [4.69, 9.17) is 19.9 Å². The Labute approximate surface area is 266 Å². The highest BCUT2D eigenvalue weighted by Gasteiger charge is 2.30. The summed E-state index contributed by atoms with van der Waals surface area (Å²) in [4.78, 5) is 19.3. The third kappa shape index (κ3) is 6.85. The molecular formula is C37H46N6O2. The molecule has 2 aliphatic carbocycles. The van der Waals surface area contributed by atoms with Crippen molar-refractivity contribution in [1.82, 2.24) is 24.5 Å². The molecule has 2 aliphatic heterocycles. The largest absolute Gasteiger partial charge is 0.443 e. The van der Waals surface area contributed by atoms with Crippen molar-refractivity contribution in [1.29, 1.82) is 0 Å². The van der Waals surface area contributed by atoms with Gasteiger partial charge in [-0.2, -0.15) is 10.2 Å².